The van der Waals surface area contributed by atoms with E-state index in [0.29, 0.717) is 11.5 Å². The van der Waals surface area contributed by atoms with Gasteiger partial charge in [0, 0.05) is 6.07 Å². The maximum atomic E-state index is 13.1. The summed E-state index contributed by atoms with van der Waals surface area (Å²) in [6, 6.07) is 18.7. The van der Waals surface area contributed by atoms with Gasteiger partial charge in [-0.05, 0) is 54.3 Å². The van der Waals surface area contributed by atoms with Crippen LogP contribution in [0.2, 0.25) is 0 Å². The number of anilines is 1. The summed E-state index contributed by atoms with van der Waals surface area (Å²) in [5.74, 6) is -0.218. The number of methoxy groups -OCH3 is 1. The molecule has 0 amide bonds. The molecule has 4 rings (SSSR count). The number of rotatable bonds is 6. The van der Waals surface area contributed by atoms with Crippen molar-refractivity contribution >= 4 is 33.1 Å². The lowest BCUT2D eigenvalue weighted by atomic mass is 10.2. The second-order valence-corrected chi connectivity index (χ2v) is 9.34. The second-order valence-electron chi connectivity index (χ2n) is 6.71. The summed E-state index contributed by atoms with van der Waals surface area (Å²) in [5, 5.41) is 6.59. The van der Waals surface area contributed by atoms with Gasteiger partial charge in [-0.15, -0.1) is 11.3 Å². The number of thiophene rings is 1. The van der Waals surface area contributed by atoms with Crippen LogP contribution in [0.1, 0.15) is 15.9 Å². The number of hydrogen-bond acceptors (Lipinski definition) is 6. The minimum atomic E-state index is -3.92. The van der Waals surface area contributed by atoms with Gasteiger partial charge in [0.2, 0.25) is 0 Å². The first-order chi connectivity index (χ1) is 14.9. The Morgan fingerprint density at radius 3 is 2.45 bits per heavy atom. The number of hydrogen-bond donors (Lipinski definition) is 1. The fourth-order valence-corrected chi connectivity index (χ4v) is 4.78. The van der Waals surface area contributed by atoms with Crippen LogP contribution < -0.4 is 4.72 Å². The van der Waals surface area contributed by atoms with Crippen molar-refractivity contribution in [3.63, 3.8) is 0 Å². The number of esters is 1. The van der Waals surface area contributed by atoms with Gasteiger partial charge >= 0.3 is 5.97 Å². The summed E-state index contributed by atoms with van der Waals surface area (Å²) in [4.78, 5) is 12.6. The normalized spacial score (nSPS) is 11.3. The molecule has 0 radical (unpaired) electrons. The van der Waals surface area contributed by atoms with Crippen LogP contribution in [-0.2, 0) is 14.8 Å². The van der Waals surface area contributed by atoms with Gasteiger partial charge < -0.3 is 4.74 Å². The number of sulfonamides is 1. The van der Waals surface area contributed by atoms with Gasteiger partial charge in [0.05, 0.1) is 28.1 Å². The second kappa shape index (κ2) is 8.37. The monoisotopic (exact) mass is 453 g/mol. The molecular formula is C22H19N3O4S2. The molecule has 31 heavy (non-hydrogen) atoms. The largest absolute Gasteiger partial charge is 0.465 e. The van der Waals surface area contributed by atoms with Gasteiger partial charge in [-0.3, -0.25) is 4.72 Å². The van der Waals surface area contributed by atoms with E-state index in [-0.39, 0.29) is 10.5 Å². The molecule has 0 fully saturated rings. The molecule has 1 N–H and O–H groups in total. The van der Waals surface area contributed by atoms with E-state index >= 15 is 0 Å². The lowest BCUT2D eigenvalue weighted by molar-refractivity contribution is 0.0600. The number of carbonyl (C=O) groups excluding carboxylic acids is 1. The Bertz CT molecular complexity index is 1330. The molecule has 0 aliphatic carbocycles. The summed E-state index contributed by atoms with van der Waals surface area (Å²) in [7, 11) is -2.65. The van der Waals surface area contributed by atoms with E-state index in [1.54, 1.807) is 10.7 Å². The third-order valence-electron chi connectivity index (χ3n) is 4.65. The molecule has 0 bridgehead atoms. The van der Waals surface area contributed by atoms with Crippen molar-refractivity contribution in [2.24, 2.45) is 0 Å². The van der Waals surface area contributed by atoms with Gasteiger partial charge in [-0.25, -0.2) is 17.9 Å². The van der Waals surface area contributed by atoms with Gasteiger partial charge in [-0.2, -0.15) is 5.10 Å². The van der Waals surface area contributed by atoms with E-state index in [1.165, 1.54) is 42.7 Å². The first-order valence-electron chi connectivity index (χ1n) is 9.30. The highest BCUT2D eigenvalue weighted by Gasteiger charge is 2.21. The van der Waals surface area contributed by atoms with E-state index in [1.807, 2.05) is 48.7 Å². The molecule has 0 aliphatic heterocycles. The van der Waals surface area contributed by atoms with Crippen LogP contribution in [0.4, 0.5) is 5.82 Å². The first-order valence-corrected chi connectivity index (χ1v) is 11.7. The smallest absolute Gasteiger partial charge is 0.337 e. The Labute approximate surface area is 184 Å². The molecule has 9 heteroatoms. The Hall–Kier alpha value is -3.43. The van der Waals surface area contributed by atoms with Crippen molar-refractivity contribution in [1.82, 2.24) is 9.78 Å². The molecule has 0 unspecified atom stereocenters. The zero-order valence-electron chi connectivity index (χ0n) is 16.8. The molecular weight excluding hydrogens is 434 g/mol. The fourth-order valence-electron chi connectivity index (χ4n) is 3.07. The Morgan fingerprint density at radius 1 is 1.06 bits per heavy atom. The van der Waals surface area contributed by atoms with Crippen LogP contribution in [0, 0.1) is 6.92 Å². The number of aromatic nitrogens is 2. The van der Waals surface area contributed by atoms with E-state index in [4.69, 9.17) is 0 Å². The summed E-state index contributed by atoms with van der Waals surface area (Å²) >= 11 is 1.52. The van der Waals surface area contributed by atoms with E-state index in [2.05, 4.69) is 14.6 Å². The van der Waals surface area contributed by atoms with Crippen LogP contribution in [0.25, 0.3) is 16.3 Å². The topological polar surface area (TPSA) is 90.3 Å². The number of aryl methyl sites for hydroxylation is 1. The SMILES string of the molecule is COC(=O)c1ccc(S(=O)(=O)Nc2cc(-c3cccs3)nn2-c2ccccc2C)cc1. The van der Waals surface area contributed by atoms with E-state index in [0.717, 1.165) is 16.1 Å². The van der Waals surface area contributed by atoms with Crippen molar-refractivity contribution in [1.29, 1.82) is 0 Å². The van der Waals surface area contributed by atoms with Gasteiger partial charge in [0.1, 0.15) is 11.5 Å². The highest BCUT2D eigenvalue weighted by atomic mass is 32.2. The number of carbonyl (C=O) groups is 1. The lowest BCUT2D eigenvalue weighted by Crippen LogP contribution is -2.16. The van der Waals surface area contributed by atoms with Crippen LogP contribution >= 0.6 is 11.3 Å². The maximum Gasteiger partial charge on any atom is 0.337 e. The van der Waals surface area contributed by atoms with Crippen molar-refractivity contribution < 1.29 is 17.9 Å². The number of ether oxygens (including phenoxy) is 1. The quantitative estimate of drug-likeness (QED) is 0.434. The van der Waals surface area contributed by atoms with Crippen LogP contribution in [0.3, 0.4) is 0 Å². The number of nitrogens with zero attached hydrogens (tertiary/aromatic N) is 2. The highest BCUT2D eigenvalue weighted by molar-refractivity contribution is 7.92. The van der Waals surface area contributed by atoms with Crippen molar-refractivity contribution in [2.45, 2.75) is 11.8 Å². The van der Waals surface area contributed by atoms with E-state index in [9.17, 15) is 13.2 Å². The van der Waals surface area contributed by atoms with Crippen molar-refractivity contribution in [3.05, 3.63) is 83.2 Å². The average molecular weight is 454 g/mol. The number of benzene rings is 2. The Balaban J connectivity index is 1.75. The minimum Gasteiger partial charge on any atom is -0.465 e. The molecule has 0 saturated heterocycles. The molecule has 4 aromatic rings. The molecule has 7 nitrogen and oxygen atoms in total. The third kappa shape index (κ3) is 4.23. The maximum absolute atomic E-state index is 13.1. The summed E-state index contributed by atoms with van der Waals surface area (Å²) in [6.45, 7) is 1.94. The molecule has 2 aromatic carbocycles. The van der Waals surface area contributed by atoms with Gasteiger partial charge in [0.15, 0.2) is 0 Å². The van der Waals surface area contributed by atoms with E-state index < -0.39 is 16.0 Å². The van der Waals surface area contributed by atoms with Crippen molar-refractivity contribution in [2.75, 3.05) is 11.8 Å². The summed E-state index contributed by atoms with van der Waals surface area (Å²) in [6.07, 6.45) is 0. The van der Waals surface area contributed by atoms with Crippen LogP contribution in [-0.4, -0.2) is 31.3 Å². The Kier molecular flexibility index (Phi) is 5.62. The zero-order valence-corrected chi connectivity index (χ0v) is 18.4. The zero-order chi connectivity index (χ0) is 22.0. The molecule has 2 aromatic heterocycles. The number of nitrogens with one attached hydrogen (secondary N) is 1. The molecule has 0 saturated carbocycles. The van der Waals surface area contributed by atoms with Crippen LogP contribution in [0.15, 0.2) is 77.0 Å². The Morgan fingerprint density at radius 2 is 1.81 bits per heavy atom. The van der Waals surface area contributed by atoms with Gasteiger partial charge in [0.25, 0.3) is 10.0 Å². The van der Waals surface area contributed by atoms with Gasteiger partial charge in [-0.1, -0.05) is 24.3 Å². The number of para-hydroxylation sites is 1. The predicted molar refractivity (Wildman–Crippen MR) is 120 cm³/mol. The predicted octanol–water partition coefficient (Wildman–Crippen LogP) is 4.50. The standard InChI is InChI=1S/C22H19N3O4S2/c1-15-6-3-4-7-19(15)25-21(14-18(23-25)20-8-5-13-30-20)24-31(27,28)17-11-9-16(10-12-17)22(26)29-2/h3-14,24H,1-2H3. The molecule has 2 heterocycles. The summed E-state index contributed by atoms with van der Waals surface area (Å²) in [5.41, 5.74) is 2.65. The summed E-state index contributed by atoms with van der Waals surface area (Å²) < 4.78 is 35.0. The molecule has 0 atom stereocenters. The minimum absolute atomic E-state index is 0.0235. The molecule has 0 aliphatic rings. The third-order valence-corrected chi connectivity index (χ3v) is 6.91. The fraction of sp³-hybridized carbons (Fsp3) is 0.0909. The first kappa shape index (κ1) is 20.8. The molecule has 0 spiro atoms. The molecule has 158 valence electrons. The average Bonchev–Trinajstić information content (AvgIpc) is 3.43. The highest BCUT2D eigenvalue weighted by Crippen LogP contribution is 2.30. The lowest BCUT2D eigenvalue weighted by Gasteiger charge is -2.12. The van der Waals surface area contributed by atoms with Crippen molar-refractivity contribution in [3.8, 4) is 16.3 Å². The van der Waals surface area contributed by atoms with Crippen LogP contribution in [0.5, 0.6) is 0 Å².